The number of imidazole rings is 1. The largest absolute Gasteiger partial charge is 0.340 e. The lowest BCUT2D eigenvalue weighted by Crippen LogP contribution is -2.36. The summed E-state index contributed by atoms with van der Waals surface area (Å²) in [6.07, 6.45) is 4.56. The Bertz CT molecular complexity index is 1480. The number of H-pyrrole nitrogens is 1. The molecule has 1 amide bonds. The first-order chi connectivity index (χ1) is 16.0. The van der Waals surface area contributed by atoms with Crippen molar-refractivity contribution < 1.29 is 4.79 Å². The first-order valence-corrected chi connectivity index (χ1v) is 10.7. The van der Waals surface area contributed by atoms with Crippen molar-refractivity contribution in [3.05, 3.63) is 88.4 Å². The Hall–Kier alpha value is -4.49. The highest BCUT2D eigenvalue weighted by Gasteiger charge is 2.43. The normalized spacial score (nSPS) is 14.2. The van der Waals surface area contributed by atoms with Gasteiger partial charge in [0.15, 0.2) is 5.65 Å². The first kappa shape index (κ1) is 20.4. The first-order valence-electron chi connectivity index (χ1n) is 10.7. The number of aromatic amines is 1. The van der Waals surface area contributed by atoms with Gasteiger partial charge in [-0.1, -0.05) is 24.6 Å². The number of hydrogen-bond donors (Lipinski definition) is 2. The van der Waals surface area contributed by atoms with Crippen LogP contribution in [0.2, 0.25) is 0 Å². The van der Waals surface area contributed by atoms with Crippen molar-refractivity contribution in [2.24, 2.45) is 0 Å². The van der Waals surface area contributed by atoms with Gasteiger partial charge in [-0.3, -0.25) is 4.79 Å². The molecule has 1 fully saturated rings. The van der Waals surface area contributed by atoms with E-state index in [-0.39, 0.29) is 11.3 Å². The third kappa shape index (κ3) is 3.50. The van der Waals surface area contributed by atoms with Crippen molar-refractivity contribution in [2.75, 3.05) is 5.32 Å². The molecule has 0 atom stereocenters. The number of carbonyl (C=O) groups is 1. The van der Waals surface area contributed by atoms with E-state index < -0.39 is 0 Å². The highest BCUT2D eigenvalue weighted by Crippen LogP contribution is 2.48. The Morgan fingerprint density at radius 2 is 1.91 bits per heavy atom. The van der Waals surface area contributed by atoms with E-state index in [1.807, 2.05) is 19.1 Å². The topological polar surface area (TPSA) is 118 Å². The van der Waals surface area contributed by atoms with E-state index in [9.17, 15) is 4.79 Å². The maximum atomic E-state index is 12.7. The molecular weight excluding hydrogens is 412 g/mol. The summed E-state index contributed by atoms with van der Waals surface area (Å²) < 4.78 is 0. The zero-order valence-corrected chi connectivity index (χ0v) is 18.0. The Morgan fingerprint density at radius 1 is 1.09 bits per heavy atom. The lowest BCUT2D eigenvalue weighted by Gasteiger charge is -2.41. The fourth-order valence-corrected chi connectivity index (χ4v) is 4.41. The lowest BCUT2D eigenvalue weighted by molar-refractivity contribution is 0.102. The minimum atomic E-state index is -0.252. The minimum Gasteiger partial charge on any atom is -0.340 e. The van der Waals surface area contributed by atoms with Gasteiger partial charge in [-0.15, -0.1) is 0 Å². The van der Waals surface area contributed by atoms with Crippen molar-refractivity contribution >= 4 is 22.8 Å². The second-order valence-corrected chi connectivity index (χ2v) is 8.40. The van der Waals surface area contributed by atoms with Gasteiger partial charge in [0, 0.05) is 17.4 Å². The predicted molar refractivity (Wildman–Crippen MR) is 124 cm³/mol. The average Bonchev–Trinajstić information content (AvgIpc) is 3.23. The molecule has 4 aromatic rings. The fourth-order valence-electron chi connectivity index (χ4n) is 4.41. The number of carbonyl (C=O) groups excluding carboxylic acids is 1. The molecule has 1 saturated carbocycles. The number of nitrogens with zero attached hydrogens (tertiary/aromatic N) is 4. The number of amides is 1. The molecule has 0 saturated heterocycles. The molecule has 0 spiro atoms. The molecule has 0 radical (unpaired) electrons. The number of hydrogen-bond acceptors (Lipinski definition) is 5. The summed E-state index contributed by atoms with van der Waals surface area (Å²) in [6, 6.07) is 18.6. The van der Waals surface area contributed by atoms with Gasteiger partial charge in [0.2, 0.25) is 0 Å². The van der Waals surface area contributed by atoms with E-state index in [4.69, 9.17) is 15.5 Å². The molecule has 5 rings (SSSR count). The van der Waals surface area contributed by atoms with Crippen LogP contribution in [-0.4, -0.2) is 20.9 Å². The number of benzene rings is 2. The van der Waals surface area contributed by atoms with Crippen molar-refractivity contribution in [3.63, 3.8) is 0 Å². The molecule has 1 aliphatic carbocycles. The van der Waals surface area contributed by atoms with Crippen LogP contribution in [0, 0.1) is 29.6 Å². The van der Waals surface area contributed by atoms with Crippen molar-refractivity contribution in [1.82, 2.24) is 15.0 Å². The number of anilines is 1. The van der Waals surface area contributed by atoms with E-state index >= 15 is 0 Å². The smallest absolute Gasteiger partial charge is 0.255 e. The molecule has 160 valence electrons. The van der Waals surface area contributed by atoms with E-state index in [1.165, 1.54) is 6.20 Å². The Morgan fingerprint density at radius 3 is 2.61 bits per heavy atom. The number of nitrogens with one attached hydrogen (secondary N) is 2. The molecule has 2 N–H and O–H groups in total. The van der Waals surface area contributed by atoms with Crippen LogP contribution in [0.1, 0.15) is 57.7 Å². The molecule has 2 heterocycles. The van der Waals surface area contributed by atoms with Crippen molar-refractivity contribution in [2.45, 2.75) is 31.6 Å². The second-order valence-electron chi connectivity index (χ2n) is 8.40. The van der Waals surface area contributed by atoms with Gasteiger partial charge in [0.25, 0.3) is 5.91 Å². The van der Waals surface area contributed by atoms with E-state index in [0.29, 0.717) is 22.3 Å². The summed E-state index contributed by atoms with van der Waals surface area (Å²) in [5, 5.41) is 21.2. The quantitative estimate of drug-likeness (QED) is 0.483. The van der Waals surface area contributed by atoms with Gasteiger partial charge in [-0.05, 0) is 61.2 Å². The number of nitriles is 2. The van der Waals surface area contributed by atoms with Crippen molar-refractivity contribution in [3.8, 4) is 12.1 Å². The van der Waals surface area contributed by atoms with Gasteiger partial charge in [0.05, 0.1) is 28.1 Å². The zero-order valence-electron chi connectivity index (χ0n) is 18.0. The van der Waals surface area contributed by atoms with Crippen LogP contribution in [0.25, 0.3) is 11.2 Å². The summed E-state index contributed by atoms with van der Waals surface area (Å²) in [6.45, 7) is 1.97. The molecule has 1 aliphatic rings. The number of aromatic nitrogens is 3. The zero-order chi connectivity index (χ0) is 23.0. The molecule has 0 bridgehead atoms. The molecule has 0 unspecified atom stereocenters. The van der Waals surface area contributed by atoms with E-state index in [1.54, 1.807) is 30.3 Å². The van der Waals surface area contributed by atoms with Crippen LogP contribution in [0.5, 0.6) is 0 Å². The average molecular weight is 432 g/mol. The fraction of sp³-hybridized carbons (Fsp3) is 0.192. The molecule has 7 heteroatoms. The second kappa shape index (κ2) is 7.89. The standard InChI is InChI=1S/C26H20N6O/c1-16-10-20(6-7-21(16)30-24(33)19-5-2-4-17(11-19)13-27)26(8-3-9-26)25-31-22-12-18(14-28)15-29-23(22)32-25/h2,4-7,10-12,15H,3,8-9H2,1H3,(H,30,33)(H,29,31,32). The molecule has 2 aromatic heterocycles. The molecule has 2 aromatic carbocycles. The minimum absolute atomic E-state index is 0.234. The molecule has 0 aliphatic heterocycles. The highest BCUT2D eigenvalue weighted by molar-refractivity contribution is 6.04. The molecular formula is C26H20N6O. The third-order valence-electron chi connectivity index (χ3n) is 6.41. The van der Waals surface area contributed by atoms with Crippen LogP contribution in [0.4, 0.5) is 5.69 Å². The number of fused-ring (bicyclic) bond motifs is 1. The monoisotopic (exact) mass is 432 g/mol. The van der Waals surface area contributed by atoms with Gasteiger partial charge in [0.1, 0.15) is 11.9 Å². The maximum absolute atomic E-state index is 12.7. The summed E-state index contributed by atoms with van der Waals surface area (Å²) in [5.74, 6) is 0.605. The van der Waals surface area contributed by atoms with Crippen LogP contribution in [0.15, 0.2) is 54.7 Å². The van der Waals surface area contributed by atoms with Crippen LogP contribution >= 0.6 is 0 Å². The summed E-state index contributed by atoms with van der Waals surface area (Å²) in [4.78, 5) is 25.1. The molecule has 7 nitrogen and oxygen atoms in total. The SMILES string of the molecule is Cc1cc(C2(c3nc4ncc(C#N)cc4[nH]3)CCC2)ccc1NC(=O)c1cccc(C#N)c1. The van der Waals surface area contributed by atoms with Gasteiger partial charge >= 0.3 is 0 Å². The van der Waals surface area contributed by atoms with Gasteiger partial charge in [-0.2, -0.15) is 10.5 Å². The van der Waals surface area contributed by atoms with Gasteiger partial charge < -0.3 is 10.3 Å². The van der Waals surface area contributed by atoms with Crippen LogP contribution in [0.3, 0.4) is 0 Å². The number of aryl methyl sites for hydroxylation is 1. The summed E-state index contributed by atoms with van der Waals surface area (Å²) in [5.41, 5.74) is 5.33. The third-order valence-corrected chi connectivity index (χ3v) is 6.41. The highest BCUT2D eigenvalue weighted by atomic mass is 16.1. The van der Waals surface area contributed by atoms with E-state index in [2.05, 4.69) is 33.5 Å². The maximum Gasteiger partial charge on any atom is 0.255 e. The summed E-state index contributed by atoms with van der Waals surface area (Å²) >= 11 is 0. The van der Waals surface area contributed by atoms with Crippen molar-refractivity contribution in [1.29, 1.82) is 10.5 Å². The number of rotatable bonds is 4. The Balaban J connectivity index is 1.45. The summed E-state index contributed by atoms with van der Waals surface area (Å²) in [7, 11) is 0. The predicted octanol–water partition coefficient (Wildman–Crippen LogP) is 4.73. The van der Waals surface area contributed by atoms with Crippen LogP contribution in [-0.2, 0) is 5.41 Å². The number of pyridine rings is 1. The lowest BCUT2D eigenvalue weighted by atomic mass is 9.63. The Kier molecular flexibility index (Phi) is 4.88. The van der Waals surface area contributed by atoms with Crippen LogP contribution < -0.4 is 5.32 Å². The van der Waals surface area contributed by atoms with E-state index in [0.717, 1.165) is 47.4 Å². The Labute approximate surface area is 190 Å². The molecule has 33 heavy (non-hydrogen) atoms. The van der Waals surface area contributed by atoms with Gasteiger partial charge in [-0.25, -0.2) is 9.97 Å².